The Balaban J connectivity index is 2.20. The van der Waals surface area contributed by atoms with Gasteiger partial charge in [-0.05, 0) is 56.1 Å². The first-order valence-electron chi connectivity index (χ1n) is 6.65. The largest absolute Gasteiger partial charge is 0.310 e. The molecule has 0 radical (unpaired) electrons. The van der Waals surface area contributed by atoms with Gasteiger partial charge in [0.2, 0.25) is 0 Å². The lowest BCUT2D eigenvalue weighted by molar-refractivity contribution is 0.549. The quantitative estimate of drug-likeness (QED) is 0.826. The van der Waals surface area contributed by atoms with Crippen molar-refractivity contribution >= 4 is 22.9 Å². The van der Waals surface area contributed by atoms with E-state index in [1.165, 1.54) is 20.9 Å². The third-order valence-electron chi connectivity index (χ3n) is 3.26. The van der Waals surface area contributed by atoms with Gasteiger partial charge in [0.15, 0.2) is 0 Å². The maximum Gasteiger partial charge on any atom is 0.0406 e. The van der Waals surface area contributed by atoms with Gasteiger partial charge < -0.3 is 5.32 Å². The molecule has 102 valence electrons. The zero-order chi connectivity index (χ0) is 13.8. The van der Waals surface area contributed by atoms with Gasteiger partial charge in [-0.1, -0.05) is 30.7 Å². The summed E-state index contributed by atoms with van der Waals surface area (Å²) < 4.78 is 0. The van der Waals surface area contributed by atoms with E-state index in [1.54, 1.807) is 0 Å². The van der Waals surface area contributed by atoms with Crippen LogP contribution in [-0.2, 0) is 6.42 Å². The van der Waals surface area contributed by atoms with Crippen molar-refractivity contribution in [2.24, 2.45) is 0 Å². The van der Waals surface area contributed by atoms with Crippen molar-refractivity contribution in [3.8, 4) is 0 Å². The van der Waals surface area contributed by atoms with Crippen LogP contribution in [0.1, 0.15) is 33.8 Å². The molecule has 1 aromatic carbocycles. The monoisotopic (exact) mass is 293 g/mol. The molecule has 0 aliphatic rings. The van der Waals surface area contributed by atoms with Gasteiger partial charge in [0.25, 0.3) is 0 Å². The molecule has 1 atom stereocenters. The zero-order valence-corrected chi connectivity index (χ0v) is 13.2. The van der Waals surface area contributed by atoms with Crippen LogP contribution >= 0.6 is 22.9 Å². The summed E-state index contributed by atoms with van der Waals surface area (Å²) in [5.74, 6) is 0. The van der Waals surface area contributed by atoms with Crippen LogP contribution in [0.5, 0.6) is 0 Å². The third-order valence-corrected chi connectivity index (χ3v) is 4.49. The Morgan fingerprint density at radius 1 is 1.21 bits per heavy atom. The molecule has 0 bridgehead atoms. The molecule has 0 saturated carbocycles. The van der Waals surface area contributed by atoms with Gasteiger partial charge >= 0.3 is 0 Å². The van der Waals surface area contributed by atoms with Crippen LogP contribution in [0.3, 0.4) is 0 Å². The highest BCUT2D eigenvalue weighted by atomic mass is 35.5. The highest BCUT2D eigenvalue weighted by molar-refractivity contribution is 7.12. The first kappa shape index (κ1) is 14.6. The molecule has 3 heteroatoms. The molecule has 0 fully saturated rings. The van der Waals surface area contributed by atoms with Gasteiger partial charge in [-0.25, -0.2) is 0 Å². The highest BCUT2D eigenvalue weighted by Crippen LogP contribution is 2.28. The number of hydrogen-bond donors (Lipinski definition) is 1. The number of hydrogen-bond acceptors (Lipinski definition) is 2. The molecular formula is C16H20ClNS. The van der Waals surface area contributed by atoms with Gasteiger partial charge in [-0.2, -0.15) is 0 Å². The van der Waals surface area contributed by atoms with Crippen molar-refractivity contribution in [3.63, 3.8) is 0 Å². The van der Waals surface area contributed by atoms with E-state index in [1.807, 2.05) is 23.5 Å². The summed E-state index contributed by atoms with van der Waals surface area (Å²) in [4.78, 5) is 2.80. The normalized spacial score (nSPS) is 12.6. The summed E-state index contributed by atoms with van der Waals surface area (Å²) in [7, 11) is 0. The summed E-state index contributed by atoms with van der Waals surface area (Å²) in [6.45, 7) is 7.52. The van der Waals surface area contributed by atoms with Crippen molar-refractivity contribution < 1.29 is 0 Å². The minimum absolute atomic E-state index is 0.385. The summed E-state index contributed by atoms with van der Waals surface area (Å²) >= 11 is 7.82. The molecule has 0 aliphatic carbocycles. The van der Waals surface area contributed by atoms with Crippen molar-refractivity contribution in [2.75, 3.05) is 6.54 Å². The Bertz CT molecular complexity index is 530. The lowest BCUT2D eigenvalue weighted by Gasteiger charge is -2.18. The molecule has 2 rings (SSSR count). The van der Waals surface area contributed by atoms with Crippen molar-refractivity contribution in [1.82, 2.24) is 5.32 Å². The van der Waals surface area contributed by atoms with Crippen molar-refractivity contribution in [2.45, 2.75) is 33.2 Å². The Labute approximate surface area is 124 Å². The minimum atomic E-state index is 0.385. The van der Waals surface area contributed by atoms with Gasteiger partial charge in [-0.15, -0.1) is 11.3 Å². The number of nitrogens with one attached hydrogen (secondary N) is 1. The maximum absolute atomic E-state index is 5.94. The predicted molar refractivity (Wildman–Crippen MR) is 85.4 cm³/mol. The Morgan fingerprint density at radius 3 is 2.42 bits per heavy atom. The Hall–Kier alpha value is -0.830. The average molecular weight is 294 g/mol. The number of benzene rings is 1. The van der Waals surface area contributed by atoms with Crippen molar-refractivity contribution in [3.05, 3.63) is 56.2 Å². The predicted octanol–water partition coefficient (Wildman–Crippen LogP) is 4.91. The Morgan fingerprint density at radius 2 is 1.89 bits per heavy atom. The number of rotatable bonds is 5. The molecule has 0 amide bonds. The fourth-order valence-corrected chi connectivity index (χ4v) is 3.50. The first-order chi connectivity index (χ1) is 9.10. The van der Waals surface area contributed by atoms with Gasteiger partial charge in [0, 0.05) is 20.8 Å². The van der Waals surface area contributed by atoms with Gasteiger partial charge in [0.05, 0.1) is 0 Å². The van der Waals surface area contributed by atoms with Crippen LogP contribution in [0.25, 0.3) is 0 Å². The average Bonchev–Trinajstić information content (AvgIpc) is 2.71. The second-order valence-electron chi connectivity index (χ2n) is 4.81. The van der Waals surface area contributed by atoms with Crippen LogP contribution in [0.2, 0.25) is 5.02 Å². The number of aryl methyl sites for hydroxylation is 2. The smallest absolute Gasteiger partial charge is 0.0406 e. The fraction of sp³-hybridized carbons (Fsp3) is 0.375. The molecule has 1 N–H and O–H groups in total. The molecule has 1 heterocycles. The van der Waals surface area contributed by atoms with E-state index in [0.717, 1.165) is 18.0 Å². The van der Waals surface area contributed by atoms with E-state index in [4.69, 9.17) is 11.6 Å². The van der Waals surface area contributed by atoms with E-state index >= 15 is 0 Å². The third kappa shape index (κ3) is 3.82. The topological polar surface area (TPSA) is 12.0 Å². The van der Waals surface area contributed by atoms with E-state index in [0.29, 0.717) is 6.04 Å². The first-order valence-corrected chi connectivity index (χ1v) is 7.84. The lowest BCUT2D eigenvalue weighted by atomic mass is 9.99. The minimum Gasteiger partial charge on any atom is -0.310 e. The molecule has 1 unspecified atom stereocenters. The summed E-state index contributed by atoms with van der Waals surface area (Å²) in [5, 5.41) is 4.39. The molecule has 0 saturated heterocycles. The fourth-order valence-electron chi connectivity index (χ4n) is 2.39. The molecule has 0 spiro atoms. The summed E-state index contributed by atoms with van der Waals surface area (Å²) in [6.07, 6.45) is 1.00. The number of thiophene rings is 1. The number of likely N-dealkylation sites (N-methyl/N-ethyl adjacent to an activating group) is 1. The second-order valence-corrected chi connectivity index (χ2v) is 6.71. The van der Waals surface area contributed by atoms with Gasteiger partial charge in [0.1, 0.15) is 0 Å². The maximum atomic E-state index is 5.94. The zero-order valence-electron chi connectivity index (χ0n) is 11.7. The van der Waals surface area contributed by atoms with Crippen LogP contribution in [0, 0.1) is 13.8 Å². The Kier molecular flexibility index (Phi) is 5.03. The molecular weight excluding hydrogens is 274 g/mol. The van der Waals surface area contributed by atoms with Crippen LogP contribution in [-0.4, -0.2) is 6.54 Å². The second kappa shape index (κ2) is 6.56. The van der Waals surface area contributed by atoms with E-state index in [9.17, 15) is 0 Å². The SMILES string of the molecule is CCNC(Cc1ccc(Cl)cc1)c1cc(C)sc1C. The van der Waals surface area contributed by atoms with E-state index < -0.39 is 0 Å². The van der Waals surface area contributed by atoms with Crippen molar-refractivity contribution in [1.29, 1.82) is 0 Å². The van der Waals surface area contributed by atoms with Crippen LogP contribution in [0.4, 0.5) is 0 Å². The lowest BCUT2D eigenvalue weighted by Crippen LogP contribution is -2.23. The van der Waals surface area contributed by atoms with Gasteiger partial charge in [-0.3, -0.25) is 0 Å². The summed E-state index contributed by atoms with van der Waals surface area (Å²) in [6, 6.07) is 10.8. The molecule has 1 nitrogen and oxygen atoms in total. The van der Waals surface area contributed by atoms with E-state index in [2.05, 4.69) is 44.3 Å². The van der Waals surface area contributed by atoms with Crippen LogP contribution < -0.4 is 5.32 Å². The standard InChI is InChI=1S/C16H20ClNS/c1-4-18-16(15-9-11(2)19-12(15)3)10-13-5-7-14(17)8-6-13/h5-9,16,18H,4,10H2,1-3H3. The molecule has 0 aliphatic heterocycles. The highest BCUT2D eigenvalue weighted by Gasteiger charge is 2.15. The molecule has 19 heavy (non-hydrogen) atoms. The molecule has 1 aromatic heterocycles. The summed E-state index contributed by atoms with van der Waals surface area (Å²) in [5.41, 5.74) is 2.75. The van der Waals surface area contributed by atoms with E-state index in [-0.39, 0.29) is 0 Å². The number of halogens is 1. The molecule has 2 aromatic rings. The van der Waals surface area contributed by atoms with Crippen LogP contribution in [0.15, 0.2) is 30.3 Å².